The molecule has 1 aliphatic carbocycles. The molecule has 0 spiro atoms. The molecule has 0 aliphatic heterocycles. The van der Waals surface area contributed by atoms with Crippen LogP contribution in [0.1, 0.15) is 47.6 Å². The van der Waals surface area contributed by atoms with Crippen LogP contribution in [0.4, 0.5) is 17.1 Å². The minimum atomic E-state index is -0.0689. The topological polar surface area (TPSA) is 3.24 Å². The van der Waals surface area contributed by atoms with Gasteiger partial charge in [-0.1, -0.05) is 208 Å². The summed E-state index contributed by atoms with van der Waals surface area (Å²) in [6.45, 7) is 4.76. The Hall–Kier alpha value is -7.22. The second kappa shape index (κ2) is 15.9. The van der Waals surface area contributed by atoms with Gasteiger partial charge < -0.3 is 4.90 Å². The van der Waals surface area contributed by atoms with Crippen LogP contribution in [0.3, 0.4) is 0 Å². The molecular formula is C59H47N. The molecule has 0 heterocycles. The van der Waals surface area contributed by atoms with E-state index in [4.69, 9.17) is 0 Å². The van der Waals surface area contributed by atoms with Crippen LogP contribution in [0.2, 0.25) is 0 Å². The number of para-hydroxylation sites is 2. The number of fused-ring (bicyclic) bond motifs is 3. The van der Waals surface area contributed by atoms with Crippen molar-refractivity contribution in [1.29, 1.82) is 0 Å². The molecule has 0 saturated carbocycles. The van der Waals surface area contributed by atoms with Crippen molar-refractivity contribution in [2.45, 2.75) is 31.6 Å². The molecule has 9 aromatic carbocycles. The predicted molar refractivity (Wildman–Crippen MR) is 253 cm³/mol. The molecule has 0 aromatic heterocycles. The van der Waals surface area contributed by atoms with Gasteiger partial charge in [-0.05, 0) is 115 Å². The molecule has 0 bridgehead atoms. The van der Waals surface area contributed by atoms with Crippen molar-refractivity contribution < 1.29 is 0 Å². The smallest absolute Gasteiger partial charge is 0.0462 e. The van der Waals surface area contributed by atoms with Crippen LogP contribution in [-0.4, -0.2) is 0 Å². The summed E-state index contributed by atoms with van der Waals surface area (Å²) < 4.78 is 0. The molecule has 1 atom stereocenters. The number of rotatable bonds is 10. The van der Waals surface area contributed by atoms with Gasteiger partial charge in [-0.25, -0.2) is 0 Å². The summed E-state index contributed by atoms with van der Waals surface area (Å²) in [4.78, 5) is 2.32. The third-order valence-electron chi connectivity index (χ3n) is 12.5. The van der Waals surface area contributed by atoms with Gasteiger partial charge in [0, 0.05) is 28.4 Å². The van der Waals surface area contributed by atoms with E-state index in [0.717, 1.165) is 23.5 Å². The number of nitrogens with zero attached hydrogens (tertiary/aromatic N) is 1. The van der Waals surface area contributed by atoms with Crippen LogP contribution in [0.25, 0.3) is 44.5 Å². The first-order valence-corrected chi connectivity index (χ1v) is 21.1. The van der Waals surface area contributed by atoms with E-state index in [-0.39, 0.29) is 11.3 Å². The first-order valence-electron chi connectivity index (χ1n) is 21.1. The average Bonchev–Trinajstić information content (AvgIpc) is 3.55. The molecule has 9 aromatic rings. The second-order valence-electron chi connectivity index (χ2n) is 16.5. The quantitative estimate of drug-likeness (QED) is 0.134. The molecule has 10 rings (SSSR count). The van der Waals surface area contributed by atoms with E-state index in [0.29, 0.717) is 0 Å². The maximum Gasteiger partial charge on any atom is 0.0462 e. The molecule has 1 unspecified atom stereocenters. The van der Waals surface area contributed by atoms with Crippen LogP contribution in [0, 0.1) is 0 Å². The number of anilines is 3. The maximum absolute atomic E-state index is 2.51. The molecule has 0 radical (unpaired) electrons. The Balaban J connectivity index is 1.04. The van der Waals surface area contributed by atoms with Crippen LogP contribution < -0.4 is 4.90 Å². The summed E-state index contributed by atoms with van der Waals surface area (Å²) in [5, 5.41) is 0. The van der Waals surface area contributed by atoms with Crippen molar-refractivity contribution >= 4 is 17.1 Å². The fraction of sp³-hybridized carbons (Fsp3) is 0.0847. The monoisotopic (exact) mass is 769 g/mol. The second-order valence-corrected chi connectivity index (χ2v) is 16.5. The summed E-state index contributed by atoms with van der Waals surface area (Å²) in [5.41, 5.74) is 20.2. The zero-order chi connectivity index (χ0) is 40.5. The van der Waals surface area contributed by atoms with Crippen molar-refractivity contribution in [3.05, 3.63) is 258 Å². The van der Waals surface area contributed by atoms with Crippen molar-refractivity contribution in [3.63, 3.8) is 0 Å². The number of hydrogen-bond acceptors (Lipinski definition) is 1. The van der Waals surface area contributed by atoms with Crippen molar-refractivity contribution in [2.24, 2.45) is 0 Å². The van der Waals surface area contributed by atoms with E-state index < -0.39 is 0 Å². The highest BCUT2D eigenvalue weighted by Gasteiger charge is 2.35. The van der Waals surface area contributed by atoms with E-state index in [2.05, 4.69) is 249 Å². The van der Waals surface area contributed by atoms with Gasteiger partial charge in [-0.3, -0.25) is 0 Å². The summed E-state index contributed by atoms with van der Waals surface area (Å²) in [6.07, 6.45) is 0.874. The summed E-state index contributed by atoms with van der Waals surface area (Å²) >= 11 is 0. The Morgan fingerprint density at radius 3 is 1.47 bits per heavy atom. The van der Waals surface area contributed by atoms with Gasteiger partial charge in [0.1, 0.15) is 0 Å². The van der Waals surface area contributed by atoms with E-state index in [9.17, 15) is 0 Å². The zero-order valence-corrected chi connectivity index (χ0v) is 34.2. The zero-order valence-electron chi connectivity index (χ0n) is 34.2. The lowest BCUT2D eigenvalue weighted by Gasteiger charge is -2.26. The van der Waals surface area contributed by atoms with Crippen LogP contribution >= 0.6 is 0 Å². The fourth-order valence-corrected chi connectivity index (χ4v) is 9.36. The molecule has 1 heteroatoms. The lowest BCUT2D eigenvalue weighted by atomic mass is 9.79. The average molecular weight is 770 g/mol. The summed E-state index contributed by atoms with van der Waals surface area (Å²) in [7, 11) is 0. The third-order valence-corrected chi connectivity index (χ3v) is 12.5. The first-order chi connectivity index (χ1) is 29.5. The minimum Gasteiger partial charge on any atom is -0.311 e. The van der Waals surface area contributed by atoms with E-state index >= 15 is 0 Å². The molecule has 1 aliphatic rings. The van der Waals surface area contributed by atoms with Crippen molar-refractivity contribution in [3.8, 4) is 44.5 Å². The highest BCUT2D eigenvalue weighted by Crippen LogP contribution is 2.50. The highest BCUT2D eigenvalue weighted by atomic mass is 15.1. The molecule has 1 nitrogen and oxygen atoms in total. The Morgan fingerprint density at radius 2 is 0.817 bits per heavy atom. The minimum absolute atomic E-state index is 0.0689. The lowest BCUT2D eigenvalue weighted by molar-refractivity contribution is 0.657. The SMILES string of the molecule is CC1(C)c2ccccc2-c2ccc(C(Cc3ccc(-c4ccc(N(c5ccccc5)c5ccccc5)cc4)c(-c4ccccc4)c3)c3ccc(-c4ccccc4)cc3)cc21. The highest BCUT2D eigenvalue weighted by molar-refractivity contribution is 5.86. The molecule has 288 valence electrons. The van der Waals surface area contributed by atoms with Gasteiger partial charge in [0.25, 0.3) is 0 Å². The third kappa shape index (κ3) is 7.03. The van der Waals surface area contributed by atoms with Crippen molar-refractivity contribution in [2.75, 3.05) is 4.90 Å². The Bertz CT molecular complexity index is 2840. The lowest BCUT2D eigenvalue weighted by Crippen LogP contribution is -2.16. The normalized spacial score (nSPS) is 13.0. The molecule has 0 saturated heterocycles. The summed E-state index contributed by atoms with van der Waals surface area (Å²) in [6, 6.07) is 84.5. The Kier molecular flexibility index (Phi) is 9.79. The summed E-state index contributed by atoms with van der Waals surface area (Å²) in [5.74, 6) is 0.162. The van der Waals surface area contributed by atoms with Crippen LogP contribution in [-0.2, 0) is 11.8 Å². The van der Waals surface area contributed by atoms with E-state index in [1.54, 1.807) is 0 Å². The van der Waals surface area contributed by atoms with Gasteiger partial charge in [0.05, 0.1) is 0 Å². The van der Waals surface area contributed by atoms with Gasteiger partial charge in [-0.15, -0.1) is 0 Å². The molecule has 0 N–H and O–H groups in total. The molecule has 60 heavy (non-hydrogen) atoms. The van der Waals surface area contributed by atoms with Crippen LogP contribution in [0.15, 0.2) is 231 Å². The van der Waals surface area contributed by atoms with Gasteiger partial charge >= 0.3 is 0 Å². The Labute approximate surface area is 354 Å². The van der Waals surface area contributed by atoms with Gasteiger partial charge in [-0.2, -0.15) is 0 Å². The standard InChI is InChI=1S/C59H47N/c1-59(2)57-26-16-15-25-53(57)54-38-34-48(41-58(54)59)55(47-30-28-44(29-31-47)43-17-7-3-8-18-43)39-42-27-37-52(56(40-42)45-19-9-4-10-20-45)46-32-35-51(36-33-46)60(49-21-11-5-12-22-49)50-23-13-6-14-24-50/h3-38,40-41,55H,39H2,1-2H3. The maximum atomic E-state index is 2.51. The predicted octanol–water partition coefficient (Wildman–Crippen LogP) is 15.8. The molecule has 0 fully saturated rings. The number of benzene rings is 9. The fourth-order valence-electron chi connectivity index (χ4n) is 9.36. The Morgan fingerprint density at radius 1 is 0.350 bits per heavy atom. The van der Waals surface area contributed by atoms with Gasteiger partial charge in [0.15, 0.2) is 0 Å². The van der Waals surface area contributed by atoms with E-state index in [1.165, 1.54) is 72.3 Å². The largest absolute Gasteiger partial charge is 0.311 e. The van der Waals surface area contributed by atoms with Crippen molar-refractivity contribution in [1.82, 2.24) is 0 Å². The molecular weight excluding hydrogens is 723 g/mol. The van der Waals surface area contributed by atoms with Gasteiger partial charge in [0.2, 0.25) is 0 Å². The number of hydrogen-bond donors (Lipinski definition) is 0. The first kappa shape index (κ1) is 37.1. The van der Waals surface area contributed by atoms with Crippen LogP contribution in [0.5, 0.6) is 0 Å². The molecule has 0 amide bonds. The van der Waals surface area contributed by atoms with E-state index in [1.807, 2.05) is 0 Å².